The van der Waals surface area contributed by atoms with Crippen molar-refractivity contribution in [2.24, 2.45) is 5.92 Å². The molecule has 0 bridgehead atoms. The molecule has 0 aliphatic heterocycles. The van der Waals surface area contributed by atoms with E-state index in [2.05, 4.69) is 24.8 Å². The first kappa shape index (κ1) is 14.3. The molecular formula is C16H26O. The molecule has 0 amide bonds. The Bertz CT molecular complexity index is 271. The molecule has 1 rings (SSSR count). The van der Waals surface area contributed by atoms with E-state index in [0.29, 0.717) is 18.1 Å². The summed E-state index contributed by atoms with van der Waals surface area (Å²) in [4.78, 5) is 11.7. The lowest BCUT2D eigenvalue weighted by Crippen LogP contribution is -2.03. The van der Waals surface area contributed by atoms with E-state index in [1.165, 1.54) is 38.5 Å². The van der Waals surface area contributed by atoms with Crippen molar-refractivity contribution in [3.8, 4) is 0 Å². The Morgan fingerprint density at radius 1 is 1.06 bits per heavy atom. The van der Waals surface area contributed by atoms with E-state index in [9.17, 15) is 4.79 Å². The van der Waals surface area contributed by atoms with Gasteiger partial charge in [-0.05, 0) is 37.3 Å². The molecule has 1 aliphatic rings. The molecule has 0 radical (unpaired) electrons. The minimum absolute atomic E-state index is 0.351. The SMILES string of the molecule is CC1C=C=CCCCCCCCCCC(=O)C1. The van der Waals surface area contributed by atoms with Gasteiger partial charge in [-0.2, -0.15) is 0 Å². The highest BCUT2D eigenvalue weighted by atomic mass is 16.1. The monoisotopic (exact) mass is 234 g/mol. The van der Waals surface area contributed by atoms with Crippen molar-refractivity contribution in [2.75, 3.05) is 0 Å². The largest absolute Gasteiger partial charge is 0.300 e. The molecule has 0 aromatic carbocycles. The molecule has 0 aromatic heterocycles. The van der Waals surface area contributed by atoms with Gasteiger partial charge in [-0.1, -0.05) is 39.0 Å². The number of carbonyl (C=O) groups is 1. The van der Waals surface area contributed by atoms with Crippen molar-refractivity contribution >= 4 is 5.78 Å². The summed E-state index contributed by atoms with van der Waals surface area (Å²) in [5.74, 6) is 0.773. The molecule has 0 spiro atoms. The van der Waals surface area contributed by atoms with Gasteiger partial charge < -0.3 is 0 Å². The molecular weight excluding hydrogens is 208 g/mol. The summed E-state index contributed by atoms with van der Waals surface area (Å²) in [5.41, 5.74) is 3.22. The topological polar surface area (TPSA) is 17.1 Å². The van der Waals surface area contributed by atoms with Gasteiger partial charge in [-0.15, -0.1) is 5.73 Å². The minimum Gasteiger partial charge on any atom is -0.300 e. The number of Topliss-reactive ketones (excluding diaryl/α,β-unsaturated/α-hetero) is 1. The first-order valence-electron chi connectivity index (χ1n) is 7.22. The molecule has 17 heavy (non-hydrogen) atoms. The number of allylic oxidation sites excluding steroid dienone is 1. The maximum Gasteiger partial charge on any atom is 0.133 e. The summed E-state index contributed by atoms with van der Waals surface area (Å²) in [6.07, 6.45) is 15.7. The number of hydrogen-bond donors (Lipinski definition) is 0. The fourth-order valence-electron chi connectivity index (χ4n) is 2.29. The summed E-state index contributed by atoms with van der Waals surface area (Å²) in [7, 11) is 0. The Kier molecular flexibility index (Phi) is 7.75. The van der Waals surface area contributed by atoms with Crippen LogP contribution in [-0.2, 0) is 4.79 Å². The van der Waals surface area contributed by atoms with Crippen molar-refractivity contribution < 1.29 is 4.79 Å². The highest BCUT2D eigenvalue weighted by molar-refractivity contribution is 5.78. The van der Waals surface area contributed by atoms with Gasteiger partial charge in [0.1, 0.15) is 5.78 Å². The van der Waals surface area contributed by atoms with Crippen molar-refractivity contribution in [1.82, 2.24) is 0 Å². The summed E-state index contributed by atoms with van der Waals surface area (Å²) in [6.45, 7) is 2.11. The van der Waals surface area contributed by atoms with Gasteiger partial charge in [0.05, 0.1) is 0 Å². The second-order valence-electron chi connectivity index (χ2n) is 5.27. The van der Waals surface area contributed by atoms with Crippen molar-refractivity contribution in [3.05, 3.63) is 17.9 Å². The van der Waals surface area contributed by atoms with E-state index in [4.69, 9.17) is 0 Å². The molecule has 1 unspecified atom stereocenters. The molecule has 0 N–H and O–H groups in total. The molecule has 0 aromatic rings. The first-order chi connectivity index (χ1) is 8.29. The Hall–Kier alpha value is -0.810. The Morgan fingerprint density at radius 3 is 2.47 bits per heavy atom. The smallest absolute Gasteiger partial charge is 0.133 e. The third kappa shape index (κ3) is 7.99. The predicted molar refractivity (Wildman–Crippen MR) is 73.0 cm³/mol. The van der Waals surface area contributed by atoms with Crippen molar-refractivity contribution in [3.63, 3.8) is 0 Å². The maximum atomic E-state index is 11.7. The highest BCUT2D eigenvalue weighted by Crippen LogP contribution is 2.13. The zero-order valence-electron chi connectivity index (χ0n) is 11.2. The van der Waals surface area contributed by atoms with Crippen LogP contribution < -0.4 is 0 Å². The van der Waals surface area contributed by atoms with E-state index in [1.54, 1.807) is 0 Å². The number of rotatable bonds is 0. The molecule has 96 valence electrons. The van der Waals surface area contributed by atoms with Crippen LogP contribution >= 0.6 is 0 Å². The summed E-state index contributed by atoms with van der Waals surface area (Å²) >= 11 is 0. The van der Waals surface area contributed by atoms with Crippen molar-refractivity contribution in [1.29, 1.82) is 0 Å². The quantitative estimate of drug-likeness (QED) is 0.549. The van der Waals surface area contributed by atoms with Gasteiger partial charge >= 0.3 is 0 Å². The van der Waals surface area contributed by atoms with E-state index < -0.39 is 0 Å². The van der Waals surface area contributed by atoms with Gasteiger partial charge in [0.15, 0.2) is 0 Å². The van der Waals surface area contributed by atoms with Crippen LogP contribution in [0.3, 0.4) is 0 Å². The average molecular weight is 234 g/mol. The Balaban J connectivity index is 2.40. The van der Waals surface area contributed by atoms with E-state index >= 15 is 0 Å². The zero-order chi connectivity index (χ0) is 12.3. The lowest BCUT2D eigenvalue weighted by atomic mass is 10.0. The zero-order valence-corrected chi connectivity index (χ0v) is 11.2. The molecule has 0 saturated carbocycles. The average Bonchev–Trinajstić information content (AvgIpc) is 2.30. The number of carbonyl (C=O) groups excluding carboxylic acids is 1. The van der Waals surface area contributed by atoms with E-state index in [1.807, 2.05) is 0 Å². The summed E-state index contributed by atoms with van der Waals surface area (Å²) in [6, 6.07) is 0. The van der Waals surface area contributed by atoms with Gasteiger partial charge in [0, 0.05) is 12.8 Å². The predicted octanol–water partition coefficient (Wildman–Crippen LogP) is 4.82. The Morgan fingerprint density at radius 2 is 1.71 bits per heavy atom. The van der Waals surface area contributed by atoms with Crippen LogP contribution in [0.15, 0.2) is 17.9 Å². The van der Waals surface area contributed by atoms with Gasteiger partial charge in [-0.25, -0.2) is 0 Å². The van der Waals surface area contributed by atoms with Crippen LogP contribution in [0.25, 0.3) is 0 Å². The van der Waals surface area contributed by atoms with Crippen molar-refractivity contribution in [2.45, 2.75) is 71.1 Å². The second kappa shape index (κ2) is 9.24. The molecule has 0 heterocycles. The van der Waals surface area contributed by atoms with Crippen LogP contribution in [0.2, 0.25) is 0 Å². The van der Waals surface area contributed by atoms with E-state index in [-0.39, 0.29) is 0 Å². The number of ketones is 1. The van der Waals surface area contributed by atoms with Crippen LogP contribution in [0, 0.1) is 5.92 Å². The highest BCUT2D eigenvalue weighted by Gasteiger charge is 2.06. The molecule has 1 heteroatoms. The molecule has 0 fully saturated rings. The van der Waals surface area contributed by atoms with Crippen LogP contribution in [0.4, 0.5) is 0 Å². The first-order valence-corrected chi connectivity index (χ1v) is 7.22. The van der Waals surface area contributed by atoms with Crippen LogP contribution in [-0.4, -0.2) is 5.78 Å². The Labute approximate surface area is 106 Å². The van der Waals surface area contributed by atoms with Crippen LogP contribution in [0.5, 0.6) is 0 Å². The molecule has 1 nitrogen and oxygen atoms in total. The van der Waals surface area contributed by atoms with Gasteiger partial charge in [0.25, 0.3) is 0 Å². The third-order valence-electron chi connectivity index (χ3n) is 3.35. The third-order valence-corrected chi connectivity index (χ3v) is 3.35. The van der Waals surface area contributed by atoms with Gasteiger partial charge in [0.2, 0.25) is 0 Å². The summed E-state index contributed by atoms with van der Waals surface area (Å²) in [5, 5.41) is 0. The van der Waals surface area contributed by atoms with Crippen LogP contribution in [0.1, 0.15) is 71.1 Å². The fourth-order valence-corrected chi connectivity index (χ4v) is 2.29. The normalized spacial score (nSPS) is 25.2. The van der Waals surface area contributed by atoms with Gasteiger partial charge in [-0.3, -0.25) is 4.79 Å². The maximum absolute atomic E-state index is 11.7. The number of hydrogen-bond acceptors (Lipinski definition) is 1. The lowest BCUT2D eigenvalue weighted by molar-refractivity contribution is -0.119. The summed E-state index contributed by atoms with van der Waals surface area (Å²) < 4.78 is 0. The molecule has 1 atom stereocenters. The molecule has 0 saturated heterocycles. The second-order valence-corrected chi connectivity index (χ2v) is 5.27. The lowest BCUT2D eigenvalue weighted by Gasteiger charge is -2.04. The fraction of sp³-hybridized carbons (Fsp3) is 0.750. The minimum atomic E-state index is 0.351. The standard InChI is InChI=1S/C16H26O/c1-15-12-10-8-6-4-2-3-5-7-9-11-13-16(17)14-15/h8,12,15H,2-7,9,11,13-14H2,1H3. The van der Waals surface area contributed by atoms with E-state index in [0.717, 1.165) is 19.3 Å². The molecule has 1 aliphatic carbocycles.